The zero-order valence-corrected chi connectivity index (χ0v) is 34.0. The molecular formula is C39H47NO16P2. The fraction of sp³-hybridized carbons (Fsp3) is 0.667. The van der Waals surface area contributed by atoms with E-state index in [1.165, 1.54) is 19.2 Å². The van der Waals surface area contributed by atoms with Gasteiger partial charge < -0.3 is 28.0 Å². The van der Waals surface area contributed by atoms with Gasteiger partial charge in [-0.15, -0.1) is 0 Å². The van der Waals surface area contributed by atoms with Crippen LogP contribution in [0.15, 0.2) is 36.4 Å². The van der Waals surface area contributed by atoms with Crippen LogP contribution in [0.2, 0.25) is 0 Å². The predicted octanol–water partition coefficient (Wildman–Crippen LogP) is 5.66. The molecule has 314 valence electrons. The zero-order chi connectivity index (χ0) is 40.7. The Morgan fingerprint density at radius 2 is 1.10 bits per heavy atom. The molecule has 8 bridgehead atoms. The third kappa shape index (κ3) is 5.52. The third-order valence-corrected chi connectivity index (χ3v) is 16.0. The van der Waals surface area contributed by atoms with Gasteiger partial charge in [0.1, 0.15) is 24.4 Å². The number of methoxy groups -OCH3 is 2. The molecule has 4 N–H and O–H groups in total. The molecule has 8 aliphatic carbocycles. The SMILES string of the molecule is COC1(c2ccc(C)c(OP(=O)(O)O)c2)OOC12C1CC3CC2CC(OCOC24CC5CC(C2)C2(OOC2(OC)c2ccc(C#N)c(OP(=O)(O)O)c2)C(C5)C4)(C3)C1. The Kier molecular flexibility index (Phi) is 8.89. The van der Waals surface area contributed by atoms with Crippen LogP contribution in [-0.4, -0.2) is 63.0 Å². The maximum absolute atomic E-state index is 11.8. The van der Waals surface area contributed by atoms with Gasteiger partial charge in [0.25, 0.3) is 11.6 Å². The maximum Gasteiger partial charge on any atom is 0.524 e. The van der Waals surface area contributed by atoms with Crippen LogP contribution < -0.4 is 9.05 Å². The summed E-state index contributed by atoms with van der Waals surface area (Å²) in [5, 5.41) is 9.61. The molecule has 0 amide bonds. The van der Waals surface area contributed by atoms with Gasteiger partial charge in [0.15, 0.2) is 11.2 Å². The van der Waals surface area contributed by atoms with Crippen molar-refractivity contribution >= 4 is 15.6 Å². The number of phosphoric acid groups is 2. The smallest absolute Gasteiger partial charge is 0.404 e. The second-order valence-corrected chi connectivity index (χ2v) is 20.3. The molecule has 10 fully saturated rings. The first-order valence-corrected chi connectivity index (χ1v) is 22.8. The van der Waals surface area contributed by atoms with Crippen molar-refractivity contribution in [2.24, 2.45) is 35.5 Å². The fourth-order valence-electron chi connectivity index (χ4n) is 13.4. The summed E-state index contributed by atoms with van der Waals surface area (Å²) < 4.78 is 59.6. The molecule has 8 saturated carbocycles. The minimum absolute atomic E-state index is 0.0204. The van der Waals surface area contributed by atoms with Gasteiger partial charge in [-0.25, -0.2) is 18.9 Å². The van der Waals surface area contributed by atoms with E-state index in [2.05, 4.69) is 0 Å². The van der Waals surface area contributed by atoms with E-state index in [1.54, 1.807) is 32.2 Å². The summed E-state index contributed by atoms with van der Waals surface area (Å²) in [6.07, 6.45) is 8.12. The van der Waals surface area contributed by atoms with E-state index in [-0.39, 0.29) is 47.5 Å². The Morgan fingerprint density at radius 1 is 0.672 bits per heavy atom. The van der Waals surface area contributed by atoms with Gasteiger partial charge in [0.2, 0.25) is 0 Å². The average molecular weight is 848 g/mol. The second-order valence-electron chi connectivity index (χ2n) is 18.0. The molecule has 19 heteroatoms. The Morgan fingerprint density at radius 3 is 1.50 bits per heavy atom. The maximum atomic E-state index is 11.8. The van der Waals surface area contributed by atoms with Crippen molar-refractivity contribution in [1.29, 1.82) is 5.26 Å². The lowest BCUT2D eigenvalue weighted by Gasteiger charge is -2.71. The van der Waals surface area contributed by atoms with E-state index >= 15 is 0 Å². The Balaban J connectivity index is 0.862. The van der Waals surface area contributed by atoms with Crippen LogP contribution in [-0.2, 0) is 59.2 Å². The topological polar surface area (TPSA) is 231 Å². The van der Waals surface area contributed by atoms with Crippen LogP contribution >= 0.6 is 15.6 Å². The van der Waals surface area contributed by atoms with Gasteiger partial charge in [-0.2, -0.15) is 15.0 Å². The quantitative estimate of drug-likeness (QED) is 0.115. The summed E-state index contributed by atoms with van der Waals surface area (Å²) in [6, 6.07) is 11.5. The highest BCUT2D eigenvalue weighted by atomic mass is 31.2. The third-order valence-electron chi connectivity index (χ3n) is 15.1. The number of rotatable bonds is 12. The van der Waals surface area contributed by atoms with Crippen molar-refractivity contribution in [2.45, 2.75) is 105 Å². The van der Waals surface area contributed by atoms with Crippen molar-refractivity contribution in [3.8, 4) is 17.6 Å². The Hall–Kier alpha value is -2.49. The summed E-state index contributed by atoms with van der Waals surface area (Å²) in [6.45, 7) is 1.83. The van der Waals surface area contributed by atoms with E-state index in [0.717, 1.165) is 38.5 Å². The lowest BCUT2D eigenvalue weighted by Crippen LogP contribution is -2.79. The first-order chi connectivity index (χ1) is 27.5. The minimum Gasteiger partial charge on any atom is -0.404 e. The standard InChI is InChI=1S/C39H47NO16P2/c1-22-4-6-26(12-32(22)51-57(41,42)43)38(47-2)36(53-55-38)28-8-23-9-29(36)17-34(14-23,16-28)49-21-50-35-15-24-10-30(18-35)37(31(11-24)19-35)39(48-3,56-54-37)27-7-5-25(20-40)33(13-27)52-58(44,45)46/h4-7,12-13,23-24,28-31H,8-11,14-19,21H2,1-3H3,(H2,41,42,43)(H2,44,45,46). The number of hydrogen-bond donors (Lipinski definition) is 4. The van der Waals surface area contributed by atoms with E-state index in [4.69, 9.17) is 47.5 Å². The molecule has 2 aliphatic heterocycles. The number of hydrogen-bond acceptors (Lipinski definition) is 13. The molecule has 12 rings (SSSR count). The van der Waals surface area contributed by atoms with E-state index in [1.807, 2.05) is 12.1 Å². The second kappa shape index (κ2) is 13.0. The summed E-state index contributed by atoms with van der Waals surface area (Å²) in [7, 11) is -6.70. The molecule has 2 spiro atoms. The van der Waals surface area contributed by atoms with Gasteiger partial charge in [-0.1, -0.05) is 18.2 Å². The molecule has 6 unspecified atom stereocenters. The number of aryl methyl sites for hydroxylation is 1. The molecule has 6 atom stereocenters. The summed E-state index contributed by atoms with van der Waals surface area (Å²) in [5.74, 6) is -2.14. The highest BCUT2D eigenvalue weighted by Crippen LogP contribution is 2.73. The Labute approximate surface area is 334 Å². The van der Waals surface area contributed by atoms with Gasteiger partial charge in [-0.05, 0) is 107 Å². The summed E-state index contributed by atoms with van der Waals surface area (Å²) in [4.78, 5) is 62.3. The monoisotopic (exact) mass is 847 g/mol. The minimum atomic E-state index is -4.97. The molecule has 0 radical (unpaired) electrons. The fourth-order valence-corrected chi connectivity index (χ4v) is 14.3. The highest BCUT2D eigenvalue weighted by molar-refractivity contribution is 7.47. The first kappa shape index (κ1) is 39.6. The van der Waals surface area contributed by atoms with Gasteiger partial charge >= 0.3 is 15.6 Å². The predicted molar refractivity (Wildman–Crippen MR) is 194 cm³/mol. The van der Waals surface area contributed by atoms with Crippen LogP contribution in [0.4, 0.5) is 0 Å². The van der Waals surface area contributed by atoms with Crippen LogP contribution in [0.25, 0.3) is 0 Å². The van der Waals surface area contributed by atoms with Crippen LogP contribution in [0.1, 0.15) is 86.5 Å². The molecule has 58 heavy (non-hydrogen) atoms. The molecule has 17 nitrogen and oxygen atoms in total. The highest BCUT2D eigenvalue weighted by Gasteiger charge is 2.80. The van der Waals surface area contributed by atoms with Crippen LogP contribution in [0.3, 0.4) is 0 Å². The van der Waals surface area contributed by atoms with Crippen LogP contribution in [0, 0.1) is 53.8 Å². The summed E-state index contributed by atoms with van der Waals surface area (Å²) in [5.41, 5.74) is -1.08. The molecule has 2 heterocycles. The van der Waals surface area contributed by atoms with E-state index in [0.29, 0.717) is 54.2 Å². The van der Waals surface area contributed by atoms with Crippen molar-refractivity contribution in [2.75, 3.05) is 21.0 Å². The van der Waals surface area contributed by atoms with Gasteiger partial charge in [0.05, 0.1) is 16.8 Å². The molecule has 0 aromatic heterocycles. The molecule has 2 aromatic rings. The first-order valence-electron chi connectivity index (χ1n) is 19.7. The van der Waals surface area contributed by atoms with Crippen molar-refractivity contribution in [3.63, 3.8) is 0 Å². The van der Waals surface area contributed by atoms with Crippen molar-refractivity contribution in [1.82, 2.24) is 0 Å². The van der Waals surface area contributed by atoms with E-state index < -0.39 is 49.6 Å². The zero-order valence-electron chi connectivity index (χ0n) is 32.2. The normalized spacial score (nSPS) is 43.0. The molecule has 2 aromatic carbocycles. The van der Waals surface area contributed by atoms with Crippen molar-refractivity contribution in [3.05, 3.63) is 58.7 Å². The Bertz CT molecular complexity index is 2130. The lowest BCUT2D eigenvalue weighted by molar-refractivity contribution is -0.648. The van der Waals surface area contributed by atoms with Crippen molar-refractivity contribution < 1.29 is 76.2 Å². The van der Waals surface area contributed by atoms with Gasteiger partial charge in [-0.3, -0.25) is 19.6 Å². The van der Waals surface area contributed by atoms with Gasteiger partial charge in [0, 0.05) is 49.0 Å². The number of benzene rings is 2. The average Bonchev–Trinajstić information content (AvgIpc) is 3.11. The molecular weight excluding hydrogens is 800 g/mol. The summed E-state index contributed by atoms with van der Waals surface area (Å²) >= 11 is 0. The molecule has 10 aliphatic rings. The van der Waals surface area contributed by atoms with E-state index in [9.17, 15) is 34.0 Å². The number of nitrogens with zero attached hydrogens (tertiary/aromatic N) is 1. The number of ether oxygens (including phenoxy) is 4. The lowest BCUT2D eigenvalue weighted by atomic mass is 9.45. The number of nitriles is 1. The largest absolute Gasteiger partial charge is 0.524 e. The number of phosphoric ester groups is 2. The molecule has 2 saturated heterocycles. The van der Waals surface area contributed by atoms with Crippen LogP contribution in [0.5, 0.6) is 11.5 Å².